The van der Waals surface area contributed by atoms with Gasteiger partial charge in [0.05, 0.1) is 0 Å². The Morgan fingerprint density at radius 2 is 1.19 bits per heavy atom. The lowest BCUT2D eigenvalue weighted by atomic mass is 10.1. The number of thiophene rings is 4. The maximum Gasteiger partial charge on any atom is 0.151 e. The van der Waals surface area contributed by atoms with Crippen molar-refractivity contribution in [3.05, 3.63) is 64.7 Å². The summed E-state index contributed by atoms with van der Waals surface area (Å²) in [5, 5.41) is 0. The van der Waals surface area contributed by atoms with Crippen molar-refractivity contribution >= 4 is 67.3 Å². The Labute approximate surface area is 237 Å². The van der Waals surface area contributed by atoms with E-state index in [1.54, 1.807) is 11.3 Å². The molecule has 0 fully saturated rings. The van der Waals surface area contributed by atoms with Crippen molar-refractivity contribution in [2.45, 2.75) is 97.3 Å². The van der Waals surface area contributed by atoms with Gasteiger partial charge in [0.15, 0.2) is 12.6 Å². The predicted octanol–water partition coefficient (Wildman–Crippen LogP) is 10.7. The quantitative estimate of drug-likeness (QED) is 0.0991. The van der Waals surface area contributed by atoms with E-state index in [0.717, 1.165) is 43.0 Å². The Hall–Kier alpha value is -1.60. The number of carbonyl (C=O) groups excluding carboxylic acids is 2. The van der Waals surface area contributed by atoms with Gasteiger partial charge in [-0.15, -0.1) is 45.3 Å². The third-order valence-corrected chi connectivity index (χ3v) is 11.8. The second-order valence-corrected chi connectivity index (χ2v) is 15.0. The van der Waals surface area contributed by atoms with Crippen LogP contribution in [0.25, 0.3) is 9.40 Å². The van der Waals surface area contributed by atoms with Crippen LogP contribution in [0, 0.1) is 0 Å². The summed E-state index contributed by atoms with van der Waals surface area (Å²) in [7, 11) is 0. The van der Waals surface area contributed by atoms with Crippen LogP contribution < -0.4 is 0 Å². The standard InChI is InChI=1S/C31H38O2S4/c1-4-5-6-7-8-9-10-11-12-24-13-22(19-32)28(34-24)15-25-17-30-31(35-25)18-26(36-30)16-29-23(20-33)14-27(37-29)21(2)3/h13-14,17-21H,4-12,15-16H2,1-3H3. The van der Waals surface area contributed by atoms with E-state index < -0.39 is 0 Å². The molecule has 0 spiro atoms. The molecule has 4 aromatic heterocycles. The van der Waals surface area contributed by atoms with E-state index in [1.807, 2.05) is 34.0 Å². The zero-order valence-corrected chi connectivity index (χ0v) is 25.5. The van der Waals surface area contributed by atoms with E-state index >= 15 is 0 Å². The molecule has 0 aliphatic heterocycles. The number of hydrogen-bond donors (Lipinski definition) is 0. The summed E-state index contributed by atoms with van der Waals surface area (Å²) in [6, 6.07) is 8.77. The average molecular weight is 571 g/mol. The van der Waals surface area contributed by atoms with Crippen LogP contribution in [0.1, 0.15) is 128 Å². The van der Waals surface area contributed by atoms with Crippen LogP contribution in [0.3, 0.4) is 0 Å². The SMILES string of the molecule is CCCCCCCCCCc1cc(C=O)c(Cc2cc3sc(Cc4sc(C(C)C)cc4C=O)cc3s2)s1. The van der Waals surface area contributed by atoms with E-state index in [-0.39, 0.29) is 0 Å². The van der Waals surface area contributed by atoms with Crippen LogP contribution in [0.4, 0.5) is 0 Å². The molecule has 4 aromatic rings. The van der Waals surface area contributed by atoms with Crippen molar-refractivity contribution in [2.75, 3.05) is 0 Å². The molecule has 0 radical (unpaired) electrons. The molecule has 0 saturated heterocycles. The van der Waals surface area contributed by atoms with Crippen LogP contribution in [0.2, 0.25) is 0 Å². The summed E-state index contributed by atoms with van der Waals surface area (Å²) in [5.41, 5.74) is 1.71. The maximum atomic E-state index is 11.8. The number of unbranched alkanes of at least 4 members (excludes halogenated alkanes) is 7. The Morgan fingerprint density at radius 3 is 1.76 bits per heavy atom. The van der Waals surface area contributed by atoms with Gasteiger partial charge in [-0.3, -0.25) is 9.59 Å². The van der Waals surface area contributed by atoms with Crippen LogP contribution >= 0.6 is 45.3 Å². The van der Waals surface area contributed by atoms with E-state index in [0.29, 0.717) is 5.92 Å². The molecule has 0 unspecified atom stereocenters. The highest BCUT2D eigenvalue weighted by Crippen LogP contribution is 2.38. The molecule has 0 bridgehead atoms. The van der Waals surface area contributed by atoms with E-state index in [9.17, 15) is 9.59 Å². The van der Waals surface area contributed by atoms with Gasteiger partial charge in [0.1, 0.15) is 0 Å². The normalized spacial score (nSPS) is 11.7. The minimum Gasteiger partial charge on any atom is -0.298 e. The molecule has 0 aliphatic carbocycles. The highest BCUT2D eigenvalue weighted by molar-refractivity contribution is 7.28. The van der Waals surface area contributed by atoms with Crippen LogP contribution in [-0.2, 0) is 19.3 Å². The molecular weight excluding hydrogens is 533 g/mol. The van der Waals surface area contributed by atoms with Gasteiger partial charge >= 0.3 is 0 Å². The lowest BCUT2D eigenvalue weighted by Crippen LogP contribution is -1.86. The average Bonchev–Trinajstić information content (AvgIpc) is 3.64. The summed E-state index contributed by atoms with van der Waals surface area (Å²) in [5.74, 6) is 0.446. The van der Waals surface area contributed by atoms with E-state index in [2.05, 4.69) is 45.0 Å². The zero-order valence-electron chi connectivity index (χ0n) is 22.3. The molecule has 0 saturated carbocycles. The number of aryl methyl sites for hydroxylation is 1. The minimum absolute atomic E-state index is 0.446. The van der Waals surface area contributed by atoms with Crippen molar-refractivity contribution in [3.8, 4) is 0 Å². The third-order valence-electron chi connectivity index (χ3n) is 6.83. The van der Waals surface area contributed by atoms with Crippen molar-refractivity contribution in [3.63, 3.8) is 0 Å². The topological polar surface area (TPSA) is 34.1 Å². The Balaban J connectivity index is 1.34. The summed E-state index contributed by atoms with van der Waals surface area (Å²) in [6.07, 6.45) is 15.4. The van der Waals surface area contributed by atoms with Gasteiger partial charge in [-0.2, -0.15) is 0 Å². The van der Waals surface area contributed by atoms with Gasteiger partial charge in [0.2, 0.25) is 0 Å². The summed E-state index contributed by atoms with van der Waals surface area (Å²) < 4.78 is 2.62. The lowest BCUT2D eigenvalue weighted by molar-refractivity contribution is 0.111. The highest BCUT2D eigenvalue weighted by Gasteiger charge is 2.16. The molecule has 0 N–H and O–H groups in total. The van der Waals surface area contributed by atoms with E-state index in [1.165, 1.54) is 90.0 Å². The van der Waals surface area contributed by atoms with Gasteiger partial charge in [0, 0.05) is 62.6 Å². The number of hydrogen-bond acceptors (Lipinski definition) is 6. The van der Waals surface area contributed by atoms with Gasteiger partial charge in [-0.05, 0) is 43.0 Å². The van der Waals surface area contributed by atoms with Gasteiger partial charge < -0.3 is 0 Å². The first-order valence-electron chi connectivity index (χ1n) is 13.7. The fourth-order valence-electron chi connectivity index (χ4n) is 4.71. The highest BCUT2D eigenvalue weighted by atomic mass is 32.1. The summed E-state index contributed by atoms with van der Waals surface area (Å²) in [6.45, 7) is 6.62. The maximum absolute atomic E-state index is 11.8. The summed E-state index contributed by atoms with van der Waals surface area (Å²) in [4.78, 5) is 31.0. The van der Waals surface area contributed by atoms with Crippen molar-refractivity contribution in [2.24, 2.45) is 0 Å². The molecular formula is C31H38O2S4. The second kappa shape index (κ2) is 14.0. The molecule has 0 aliphatic rings. The smallest absolute Gasteiger partial charge is 0.151 e. The first-order chi connectivity index (χ1) is 18.0. The Kier molecular flexibility index (Phi) is 10.7. The molecule has 6 heteroatoms. The summed E-state index contributed by atoms with van der Waals surface area (Å²) >= 11 is 7.27. The van der Waals surface area contributed by atoms with E-state index in [4.69, 9.17) is 0 Å². The van der Waals surface area contributed by atoms with Gasteiger partial charge in [-0.1, -0.05) is 65.7 Å². The first kappa shape index (κ1) is 28.4. The second-order valence-electron chi connectivity index (χ2n) is 10.2. The lowest BCUT2D eigenvalue weighted by Gasteiger charge is -2.01. The number of fused-ring (bicyclic) bond motifs is 1. The molecule has 2 nitrogen and oxygen atoms in total. The van der Waals surface area contributed by atoms with Crippen LogP contribution in [0.15, 0.2) is 24.3 Å². The van der Waals surface area contributed by atoms with Crippen molar-refractivity contribution in [1.29, 1.82) is 0 Å². The monoisotopic (exact) mass is 570 g/mol. The molecule has 198 valence electrons. The Morgan fingerprint density at radius 1 is 0.649 bits per heavy atom. The predicted molar refractivity (Wildman–Crippen MR) is 165 cm³/mol. The zero-order chi connectivity index (χ0) is 26.2. The van der Waals surface area contributed by atoms with Crippen molar-refractivity contribution < 1.29 is 9.59 Å². The largest absolute Gasteiger partial charge is 0.298 e. The van der Waals surface area contributed by atoms with Gasteiger partial charge in [0.25, 0.3) is 0 Å². The van der Waals surface area contributed by atoms with Gasteiger partial charge in [-0.25, -0.2) is 0 Å². The molecule has 0 amide bonds. The molecule has 0 atom stereocenters. The van der Waals surface area contributed by atoms with Crippen molar-refractivity contribution in [1.82, 2.24) is 0 Å². The fraction of sp³-hybridized carbons (Fsp3) is 0.484. The first-order valence-corrected chi connectivity index (χ1v) is 16.9. The molecule has 4 rings (SSSR count). The number of rotatable bonds is 16. The molecule has 0 aromatic carbocycles. The number of aldehydes is 2. The molecule has 37 heavy (non-hydrogen) atoms. The minimum atomic E-state index is 0.446. The Bertz CT molecular complexity index is 1270. The third kappa shape index (κ3) is 7.72. The number of carbonyl (C=O) groups is 2. The fourth-order valence-corrected chi connectivity index (χ4v) is 9.72. The van der Waals surface area contributed by atoms with Crippen LogP contribution in [-0.4, -0.2) is 12.6 Å². The molecule has 4 heterocycles. The van der Waals surface area contributed by atoms with Crippen LogP contribution in [0.5, 0.6) is 0 Å².